The van der Waals surface area contributed by atoms with E-state index in [9.17, 15) is 22.0 Å². The Balaban J connectivity index is 1.30. The maximum Gasteiger partial charge on any atom is 0.267 e. The van der Waals surface area contributed by atoms with Crippen LogP contribution in [0, 0.1) is 11.6 Å². The molecule has 3 fully saturated rings. The molecule has 0 bridgehead atoms. The Labute approximate surface area is 208 Å². The van der Waals surface area contributed by atoms with Crippen LogP contribution in [0.4, 0.5) is 8.78 Å². The number of benzene rings is 2. The smallest absolute Gasteiger partial charge is 0.267 e. The first-order valence-corrected chi connectivity index (χ1v) is 13.8. The summed E-state index contributed by atoms with van der Waals surface area (Å²) in [5.41, 5.74) is 1.29. The van der Waals surface area contributed by atoms with Crippen molar-refractivity contribution in [3.05, 3.63) is 63.7 Å². The fourth-order valence-corrected chi connectivity index (χ4v) is 6.05. The van der Waals surface area contributed by atoms with Crippen molar-refractivity contribution in [3.8, 4) is 5.75 Å². The number of halogens is 3. The molecule has 2 aliphatic carbocycles. The number of hydrogen-bond donors (Lipinski definition) is 1. The van der Waals surface area contributed by atoms with E-state index >= 15 is 0 Å². The lowest BCUT2D eigenvalue weighted by molar-refractivity contribution is 0.0832. The molecule has 2 saturated carbocycles. The molecule has 1 amide bonds. The molecule has 0 radical (unpaired) electrons. The average Bonchev–Trinajstić information content (AvgIpc) is 3.68. The van der Waals surface area contributed by atoms with Crippen molar-refractivity contribution in [2.45, 2.75) is 62.3 Å². The minimum atomic E-state index is -3.77. The SMILES string of the molecule is O=C(NS(=O)(=O)C1CC1)c1cc(C2CC2)c(OC2CCCN(Cc3ccc(F)cc3Cl)C2)cc1F. The summed E-state index contributed by atoms with van der Waals surface area (Å²) in [7, 11) is -3.77. The average molecular weight is 525 g/mol. The van der Waals surface area contributed by atoms with Crippen molar-refractivity contribution in [2.24, 2.45) is 0 Å². The third-order valence-electron chi connectivity index (χ3n) is 6.72. The Kier molecular flexibility index (Phi) is 6.76. The number of carbonyl (C=O) groups excluding carboxylic acids is 1. The van der Waals surface area contributed by atoms with Crippen molar-refractivity contribution < 1.29 is 26.7 Å². The van der Waals surface area contributed by atoms with Gasteiger partial charge in [-0.3, -0.25) is 9.69 Å². The molecule has 188 valence electrons. The summed E-state index contributed by atoms with van der Waals surface area (Å²) < 4.78 is 60.9. The first kappa shape index (κ1) is 24.5. The molecule has 2 aromatic rings. The molecule has 1 N–H and O–H groups in total. The molecule has 1 heterocycles. The van der Waals surface area contributed by atoms with Gasteiger partial charge >= 0.3 is 0 Å². The van der Waals surface area contributed by atoms with Gasteiger partial charge < -0.3 is 4.74 Å². The van der Waals surface area contributed by atoms with Gasteiger partial charge in [0.2, 0.25) is 10.0 Å². The molecule has 10 heteroatoms. The summed E-state index contributed by atoms with van der Waals surface area (Å²) in [6, 6.07) is 7.02. The largest absolute Gasteiger partial charge is 0.489 e. The second-order valence-corrected chi connectivity index (χ2v) is 12.0. The van der Waals surface area contributed by atoms with E-state index in [1.807, 2.05) is 4.72 Å². The molecule has 3 aliphatic rings. The van der Waals surface area contributed by atoms with Crippen LogP contribution in [-0.4, -0.2) is 43.7 Å². The number of rotatable bonds is 8. The topological polar surface area (TPSA) is 75.7 Å². The van der Waals surface area contributed by atoms with Crippen LogP contribution in [-0.2, 0) is 16.6 Å². The van der Waals surface area contributed by atoms with Gasteiger partial charge in [-0.15, -0.1) is 0 Å². The maximum atomic E-state index is 15.0. The van der Waals surface area contributed by atoms with E-state index in [1.54, 1.807) is 6.07 Å². The Morgan fingerprint density at radius 2 is 1.89 bits per heavy atom. The zero-order chi connectivity index (χ0) is 24.7. The van der Waals surface area contributed by atoms with E-state index in [-0.39, 0.29) is 23.4 Å². The maximum absolute atomic E-state index is 15.0. The molecule has 0 spiro atoms. The molecule has 35 heavy (non-hydrogen) atoms. The second-order valence-electron chi connectivity index (χ2n) is 9.67. The number of likely N-dealkylation sites (tertiary alicyclic amines) is 1. The van der Waals surface area contributed by atoms with Crippen molar-refractivity contribution in [1.29, 1.82) is 0 Å². The van der Waals surface area contributed by atoms with Gasteiger partial charge in [-0.2, -0.15) is 0 Å². The van der Waals surface area contributed by atoms with Gasteiger partial charge in [0, 0.05) is 24.2 Å². The summed E-state index contributed by atoms with van der Waals surface area (Å²) >= 11 is 6.19. The number of ether oxygens (including phenoxy) is 1. The fourth-order valence-electron chi connectivity index (χ4n) is 4.53. The fraction of sp³-hybridized carbons (Fsp3) is 0.480. The third-order valence-corrected chi connectivity index (χ3v) is 8.90. The lowest BCUT2D eigenvalue weighted by Gasteiger charge is -2.33. The van der Waals surface area contributed by atoms with E-state index in [4.69, 9.17) is 16.3 Å². The van der Waals surface area contributed by atoms with E-state index < -0.39 is 27.0 Å². The zero-order valence-electron chi connectivity index (χ0n) is 19.1. The number of amides is 1. The van der Waals surface area contributed by atoms with E-state index in [2.05, 4.69) is 4.90 Å². The first-order valence-electron chi connectivity index (χ1n) is 11.9. The predicted octanol–water partition coefficient (Wildman–Crippen LogP) is 4.76. The first-order chi connectivity index (χ1) is 16.7. The molecule has 2 aromatic carbocycles. The molecule has 1 aliphatic heterocycles. The number of sulfonamides is 1. The molecule has 1 unspecified atom stereocenters. The Morgan fingerprint density at radius 1 is 1.11 bits per heavy atom. The van der Waals surface area contributed by atoms with Crippen LogP contribution in [0.15, 0.2) is 30.3 Å². The third kappa shape index (κ3) is 5.78. The van der Waals surface area contributed by atoms with Crippen molar-refractivity contribution in [1.82, 2.24) is 9.62 Å². The lowest BCUT2D eigenvalue weighted by Crippen LogP contribution is -2.40. The van der Waals surface area contributed by atoms with Gasteiger partial charge in [0.05, 0.1) is 10.8 Å². The number of hydrogen-bond acceptors (Lipinski definition) is 5. The normalized spacial score (nSPS) is 21.1. The van der Waals surface area contributed by atoms with Gasteiger partial charge in [0.25, 0.3) is 5.91 Å². The van der Waals surface area contributed by atoms with Crippen molar-refractivity contribution in [3.63, 3.8) is 0 Å². The molecule has 5 rings (SSSR count). The summed E-state index contributed by atoms with van der Waals surface area (Å²) in [4.78, 5) is 14.7. The highest BCUT2D eigenvalue weighted by molar-refractivity contribution is 7.91. The number of piperidine rings is 1. The standard InChI is InChI=1S/C25H27ClF2N2O4S/c26-22-10-17(27)6-5-16(22)13-30-9-1-2-18(14-30)34-24-12-23(28)21(11-20(24)15-3-4-15)25(31)29-35(32,33)19-7-8-19/h5-6,10-12,15,18-19H,1-4,7-9,13-14H2,(H,29,31). The summed E-state index contributed by atoms with van der Waals surface area (Å²) in [6.07, 6.45) is 4.32. The molecule has 6 nitrogen and oxygen atoms in total. The Hall–Kier alpha value is -2.23. The van der Waals surface area contributed by atoms with Crippen LogP contribution in [0.2, 0.25) is 5.02 Å². The van der Waals surface area contributed by atoms with Crippen LogP contribution >= 0.6 is 11.6 Å². The number of carbonyl (C=O) groups is 1. The highest BCUT2D eigenvalue weighted by Gasteiger charge is 2.38. The lowest BCUT2D eigenvalue weighted by atomic mass is 10.0. The van der Waals surface area contributed by atoms with E-state index in [1.165, 1.54) is 24.3 Å². The van der Waals surface area contributed by atoms with Crippen molar-refractivity contribution >= 4 is 27.5 Å². The van der Waals surface area contributed by atoms with Crippen LogP contribution in [0.3, 0.4) is 0 Å². The minimum Gasteiger partial charge on any atom is -0.489 e. The van der Waals surface area contributed by atoms with Crippen LogP contribution < -0.4 is 9.46 Å². The summed E-state index contributed by atoms with van der Waals surface area (Å²) in [5, 5.41) is -0.192. The summed E-state index contributed by atoms with van der Waals surface area (Å²) in [6.45, 7) is 1.99. The van der Waals surface area contributed by atoms with E-state index in [0.717, 1.165) is 43.4 Å². The van der Waals surface area contributed by atoms with Crippen LogP contribution in [0.25, 0.3) is 0 Å². The van der Waals surface area contributed by atoms with Crippen molar-refractivity contribution in [2.75, 3.05) is 13.1 Å². The minimum absolute atomic E-state index is 0.162. The Bertz CT molecular complexity index is 1250. The summed E-state index contributed by atoms with van der Waals surface area (Å²) in [5.74, 6) is -1.56. The van der Waals surface area contributed by atoms with Gasteiger partial charge in [0.15, 0.2) is 0 Å². The molecular weight excluding hydrogens is 498 g/mol. The molecule has 0 aromatic heterocycles. The van der Waals surface area contributed by atoms with Gasteiger partial charge in [-0.05, 0) is 80.3 Å². The molecule has 1 atom stereocenters. The second kappa shape index (κ2) is 9.67. The molecule has 1 saturated heterocycles. The monoisotopic (exact) mass is 524 g/mol. The number of nitrogens with zero attached hydrogens (tertiary/aromatic N) is 1. The van der Waals surface area contributed by atoms with E-state index in [0.29, 0.717) is 36.7 Å². The highest BCUT2D eigenvalue weighted by Crippen LogP contribution is 2.45. The quantitative estimate of drug-likeness (QED) is 0.539. The van der Waals surface area contributed by atoms with Gasteiger partial charge in [0.1, 0.15) is 23.5 Å². The number of nitrogens with one attached hydrogen (secondary N) is 1. The highest BCUT2D eigenvalue weighted by atomic mass is 35.5. The van der Waals surface area contributed by atoms with Gasteiger partial charge in [-0.25, -0.2) is 21.9 Å². The van der Waals surface area contributed by atoms with Crippen LogP contribution in [0.5, 0.6) is 5.75 Å². The zero-order valence-corrected chi connectivity index (χ0v) is 20.7. The molecular formula is C25H27ClF2N2O4S. The Morgan fingerprint density at radius 3 is 2.57 bits per heavy atom. The predicted molar refractivity (Wildman–Crippen MR) is 128 cm³/mol. The van der Waals surface area contributed by atoms with Crippen LogP contribution in [0.1, 0.15) is 65.9 Å². The van der Waals surface area contributed by atoms with Gasteiger partial charge in [-0.1, -0.05) is 17.7 Å².